The van der Waals surface area contributed by atoms with E-state index < -0.39 is 0 Å². The van der Waals surface area contributed by atoms with Crippen molar-refractivity contribution in [2.24, 2.45) is 0 Å². The van der Waals surface area contributed by atoms with Gasteiger partial charge in [0.2, 0.25) is 0 Å². The van der Waals surface area contributed by atoms with Crippen LogP contribution in [0.3, 0.4) is 0 Å². The molecule has 15 heavy (non-hydrogen) atoms. The molecule has 0 radical (unpaired) electrons. The van der Waals surface area contributed by atoms with Gasteiger partial charge in [-0.3, -0.25) is 0 Å². The molecular weight excluding hydrogens is 209 g/mol. The topological polar surface area (TPSA) is 12.0 Å². The number of benzene rings is 1. The highest BCUT2D eigenvalue weighted by Crippen LogP contribution is 2.34. The summed E-state index contributed by atoms with van der Waals surface area (Å²) in [6.07, 6.45) is 4.11. The first-order valence-electron chi connectivity index (χ1n) is 5.36. The summed E-state index contributed by atoms with van der Waals surface area (Å²) in [7, 11) is 0. The molecule has 1 nitrogen and oxygen atoms in total. The van der Waals surface area contributed by atoms with Crippen LogP contribution >= 0.6 is 11.8 Å². The molecule has 0 spiro atoms. The van der Waals surface area contributed by atoms with Crippen LogP contribution in [-0.2, 0) is 0 Å². The number of thioether (sulfide) groups is 1. The van der Waals surface area contributed by atoms with Crippen molar-refractivity contribution >= 4 is 11.8 Å². The summed E-state index contributed by atoms with van der Waals surface area (Å²) in [5.41, 5.74) is 0.937. The zero-order chi connectivity index (χ0) is 10.7. The molecule has 2 rings (SSSR count). The van der Waals surface area contributed by atoms with Crippen molar-refractivity contribution in [3.8, 4) is 0 Å². The Morgan fingerprint density at radius 2 is 2.07 bits per heavy atom. The minimum Gasteiger partial charge on any atom is -0.317 e. The van der Waals surface area contributed by atoms with Gasteiger partial charge in [-0.25, -0.2) is 4.39 Å². The third-order valence-corrected chi connectivity index (χ3v) is 3.78. The molecule has 1 saturated heterocycles. The summed E-state index contributed by atoms with van der Waals surface area (Å²) in [5.74, 6) is 0.364. The van der Waals surface area contributed by atoms with Gasteiger partial charge in [0, 0.05) is 10.5 Å². The third-order valence-electron chi connectivity index (χ3n) is 2.98. The lowest BCUT2D eigenvalue weighted by Crippen LogP contribution is -2.27. The van der Waals surface area contributed by atoms with E-state index in [0.29, 0.717) is 5.92 Å². The quantitative estimate of drug-likeness (QED) is 0.776. The maximum Gasteiger partial charge on any atom is 0.127 e. The summed E-state index contributed by atoms with van der Waals surface area (Å²) < 4.78 is 13.8. The Morgan fingerprint density at radius 3 is 2.73 bits per heavy atom. The predicted octanol–water partition coefficient (Wildman–Crippen LogP) is 3.01. The molecule has 1 aromatic rings. The van der Waals surface area contributed by atoms with E-state index in [1.165, 1.54) is 0 Å². The standard InChI is InChI=1S/C12H16FNS/c1-15-11-4-2-3-10(13)12(11)9-5-7-14-8-6-9/h2-4,9,14H,5-8H2,1H3. The van der Waals surface area contributed by atoms with Gasteiger partial charge in [0.25, 0.3) is 0 Å². The molecule has 3 heteroatoms. The molecule has 0 amide bonds. The van der Waals surface area contributed by atoms with Crippen LogP contribution in [0.2, 0.25) is 0 Å². The van der Waals surface area contributed by atoms with Gasteiger partial charge in [-0.1, -0.05) is 6.07 Å². The Balaban J connectivity index is 2.31. The molecular formula is C12H16FNS. The molecule has 82 valence electrons. The molecule has 0 atom stereocenters. The Morgan fingerprint density at radius 1 is 1.33 bits per heavy atom. The average Bonchev–Trinajstić information content (AvgIpc) is 2.29. The number of hydrogen-bond acceptors (Lipinski definition) is 2. The van der Waals surface area contributed by atoms with E-state index in [1.54, 1.807) is 23.9 Å². The maximum atomic E-state index is 13.8. The largest absolute Gasteiger partial charge is 0.317 e. The molecule has 0 unspecified atom stereocenters. The Kier molecular flexibility index (Phi) is 3.65. The second-order valence-electron chi connectivity index (χ2n) is 3.88. The van der Waals surface area contributed by atoms with E-state index in [2.05, 4.69) is 5.32 Å². The SMILES string of the molecule is CSc1cccc(F)c1C1CCNCC1. The molecule has 0 aliphatic carbocycles. The minimum absolute atomic E-state index is 0.0336. The van der Waals surface area contributed by atoms with Crippen LogP contribution in [0.25, 0.3) is 0 Å². The first-order chi connectivity index (χ1) is 7.33. The zero-order valence-electron chi connectivity index (χ0n) is 8.92. The van der Waals surface area contributed by atoms with Crippen LogP contribution in [0.5, 0.6) is 0 Å². The zero-order valence-corrected chi connectivity index (χ0v) is 9.74. The van der Waals surface area contributed by atoms with Crippen molar-refractivity contribution in [1.82, 2.24) is 5.32 Å². The summed E-state index contributed by atoms with van der Waals surface area (Å²) in [6.45, 7) is 2.01. The highest BCUT2D eigenvalue weighted by Gasteiger charge is 2.21. The van der Waals surface area contributed by atoms with Crippen molar-refractivity contribution in [3.63, 3.8) is 0 Å². The molecule has 0 aromatic heterocycles. The van der Waals surface area contributed by atoms with Gasteiger partial charge >= 0.3 is 0 Å². The molecule has 1 N–H and O–H groups in total. The molecule has 1 aliphatic heterocycles. The Hall–Kier alpha value is -0.540. The normalized spacial score (nSPS) is 18.0. The molecule has 1 aromatic carbocycles. The number of halogens is 1. The number of hydrogen-bond donors (Lipinski definition) is 1. The van der Waals surface area contributed by atoms with Gasteiger partial charge in [-0.05, 0) is 50.2 Å². The van der Waals surface area contributed by atoms with Crippen LogP contribution < -0.4 is 5.32 Å². The molecule has 0 bridgehead atoms. The van der Waals surface area contributed by atoms with Crippen LogP contribution in [-0.4, -0.2) is 19.3 Å². The molecule has 1 fully saturated rings. The number of rotatable bonds is 2. The van der Waals surface area contributed by atoms with Gasteiger partial charge in [-0.2, -0.15) is 0 Å². The van der Waals surface area contributed by atoms with Crippen LogP contribution in [0.4, 0.5) is 4.39 Å². The lowest BCUT2D eigenvalue weighted by atomic mass is 9.90. The van der Waals surface area contributed by atoms with Crippen molar-refractivity contribution < 1.29 is 4.39 Å². The maximum absolute atomic E-state index is 13.8. The van der Waals surface area contributed by atoms with Gasteiger partial charge in [-0.15, -0.1) is 11.8 Å². The van der Waals surface area contributed by atoms with E-state index >= 15 is 0 Å². The van der Waals surface area contributed by atoms with Crippen molar-refractivity contribution in [1.29, 1.82) is 0 Å². The van der Waals surface area contributed by atoms with E-state index in [9.17, 15) is 4.39 Å². The number of piperidine rings is 1. The minimum atomic E-state index is -0.0336. The molecule has 1 heterocycles. The van der Waals surface area contributed by atoms with Gasteiger partial charge in [0.1, 0.15) is 5.82 Å². The fourth-order valence-electron chi connectivity index (χ4n) is 2.20. The van der Waals surface area contributed by atoms with Crippen molar-refractivity contribution in [3.05, 3.63) is 29.6 Å². The van der Waals surface area contributed by atoms with Crippen LogP contribution in [0.1, 0.15) is 24.3 Å². The monoisotopic (exact) mass is 225 g/mol. The molecule has 1 aliphatic rings. The number of nitrogens with one attached hydrogen (secondary N) is 1. The lowest BCUT2D eigenvalue weighted by Gasteiger charge is -2.25. The smallest absolute Gasteiger partial charge is 0.127 e. The van der Waals surface area contributed by atoms with Crippen LogP contribution in [0, 0.1) is 5.82 Å². The third kappa shape index (κ3) is 2.34. The summed E-state index contributed by atoms with van der Waals surface area (Å²) >= 11 is 1.64. The average molecular weight is 225 g/mol. The van der Waals surface area contributed by atoms with Crippen molar-refractivity contribution in [2.75, 3.05) is 19.3 Å². The second kappa shape index (κ2) is 4.99. The van der Waals surface area contributed by atoms with Gasteiger partial charge in [0.05, 0.1) is 0 Å². The summed E-state index contributed by atoms with van der Waals surface area (Å²) in [4.78, 5) is 1.10. The van der Waals surface area contributed by atoms with E-state index in [4.69, 9.17) is 0 Å². The van der Waals surface area contributed by atoms with E-state index in [1.807, 2.05) is 12.3 Å². The van der Waals surface area contributed by atoms with Crippen LogP contribution in [0.15, 0.2) is 23.1 Å². The summed E-state index contributed by atoms with van der Waals surface area (Å²) in [6, 6.07) is 5.40. The first-order valence-corrected chi connectivity index (χ1v) is 6.58. The fourth-order valence-corrected chi connectivity index (χ4v) is 2.90. The molecule has 0 saturated carbocycles. The van der Waals surface area contributed by atoms with Gasteiger partial charge < -0.3 is 5.32 Å². The Labute approximate surface area is 94.5 Å². The van der Waals surface area contributed by atoms with E-state index in [0.717, 1.165) is 36.4 Å². The van der Waals surface area contributed by atoms with Crippen molar-refractivity contribution in [2.45, 2.75) is 23.7 Å². The first kappa shape index (κ1) is 11.0. The summed E-state index contributed by atoms with van der Waals surface area (Å²) in [5, 5.41) is 3.31. The van der Waals surface area contributed by atoms with E-state index in [-0.39, 0.29) is 5.82 Å². The van der Waals surface area contributed by atoms with Gasteiger partial charge in [0.15, 0.2) is 0 Å². The Bertz CT molecular complexity index is 334. The second-order valence-corrected chi connectivity index (χ2v) is 4.73. The predicted molar refractivity (Wildman–Crippen MR) is 63.0 cm³/mol. The highest BCUT2D eigenvalue weighted by atomic mass is 32.2. The highest BCUT2D eigenvalue weighted by molar-refractivity contribution is 7.98. The fraction of sp³-hybridized carbons (Fsp3) is 0.500. The lowest BCUT2D eigenvalue weighted by molar-refractivity contribution is 0.440.